The number of hydrogen-bond acceptors (Lipinski definition) is 3. The number of halogens is 2. The predicted molar refractivity (Wildman–Crippen MR) is 82.1 cm³/mol. The van der Waals surface area contributed by atoms with E-state index in [2.05, 4.69) is 27.2 Å². The zero-order valence-electron chi connectivity index (χ0n) is 10.7. The largest absolute Gasteiger partial charge is 0.370 e. The Labute approximate surface area is 122 Å². The van der Waals surface area contributed by atoms with E-state index in [9.17, 15) is 0 Å². The maximum Gasteiger partial charge on any atom is 0.188 e. The van der Waals surface area contributed by atoms with Gasteiger partial charge in [0.2, 0.25) is 0 Å². The minimum absolute atomic E-state index is 0.389. The molecule has 104 valence electrons. The molecule has 0 aliphatic rings. The van der Waals surface area contributed by atoms with Crippen molar-refractivity contribution in [2.75, 3.05) is 25.0 Å². The monoisotopic (exact) mass is 301 g/mol. The Bertz CT molecular complexity index is 473. The highest BCUT2D eigenvalue weighted by molar-refractivity contribution is 6.35. The van der Waals surface area contributed by atoms with Crippen LogP contribution in [0.2, 0.25) is 10.0 Å². The Kier molecular flexibility index (Phi) is 6.45. The summed E-state index contributed by atoms with van der Waals surface area (Å²) in [5, 5.41) is 7.02. The van der Waals surface area contributed by atoms with Crippen molar-refractivity contribution in [3.05, 3.63) is 34.5 Å². The molecule has 0 aliphatic heterocycles. The first kappa shape index (κ1) is 15.6. The molecule has 0 aromatic carbocycles. The molecule has 0 radical (unpaired) electrons. The third kappa shape index (κ3) is 6.31. The van der Waals surface area contributed by atoms with Gasteiger partial charge < -0.3 is 16.4 Å². The smallest absolute Gasteiger partial charge is 0.188 e. The topological polar surface area (TPSA) is 75.3 Å². The van der Waals surface area contributed by atoms with Crippen molar-refractivity contribution in [2.45, 2.75) is 6.92 Å². The quantitative estimate of drug-likeness (QED) is 0.326. The van der Waals surface area contributed by atoms with Gasteiger partial charge in [0.05, 0.1) is 16.6 Å². The van der Waals surface area contributed by atoms with Gasteiger partial charge in [-0.25, -0.2) is 9.98 Å². The summed E-state index contributed by atoms with van der Waals surface area (Å²) in [5.74, 6) is 0.977. The van der Waals surface area contributed by atoms with Crippen LogP contribution < -0.4 is 16.4 Å². The van der Waals surface area contributed by atoms with E-state index in [1.54, 1.807) is 6.07 Å². The standard InChI is InChI=1S/C12H17Cl2N5/c1-8(2)6-19-12(15)17-4-3-16-11-10(14)5-9(13)7-18-11/h5,7H,1,3-4,6H2,2H3,(H,16,18)(H3,15,17,19). The fraction of sp³-hybridized carbons (Fsp3) is 0.333. The van der Waals surface area contributed by atoms with Crippen LogP contribution in [0.25, 0.3) is 0 Å². The van der Waals surface area contributed by atoms with E-state index < -0.39 is 0 Å². The summed E-state index contributed by atoms with van der Waals surface area (Å²) >= 11 is 11.7. The van der Waals surface area contributed by atoms with E-state index in [1.807, 2.05) is 6.92 Å². The lowest BCUT2D eigenvalue weighted by molar-refractivity contribution is 0.885. The third-order valence-electron chi connectivity index (χ3n) is 2.05. The van der Waals surface area contributed by atoms with Crippen molar-refractivity contribution in [1.29, 1.82) is 0 Å². The Morgan fingerprint density at radius 2 is 2.21 bits per heavy atom. The highest BCUT2D eigenvalue weighted by Gasteiger charge is 2.01. The number of pyridine rings is 1. The van der Waals surface area contributed by atoms with Crippen molar-refractivity contribution < 1.29 is 0 Å². The third-order valence-corrected chi connectivity index (χ3v) is 2.55. The highest BCUT2D eigenvalue weighted by Crippen LogP contribution is 2.21. The molecule has 0 amide bonds. The van der Waals surface area contributed by atoms with Crippen molar-refractivity contribution in [1.82, 2.24) is 10.3 Å². The number of hydrogen-bond donors (Lipinski definition) is 3. The first-order chi connectivity index (χ1) is 8.99. The summed E-state index contributed by atoms with van der Waals surface area (Å²) in [7, 11) is 0. The summed E-state index contributed by atoms with van der Waals surface area (Å²) in [6.45, 7) is 7.38. The molecule has 1 aromatic heterocycles. The van der Waals surface area contributed by atoms with Crippen molar-refractivity contribution in [2.24, 2.45) is 10.7 Å². The molecule has 1 rings (SSSR count). The number of aromatic nitrogens is 1. The van der Waals surface area contributed by atoms with Crippen LogP contribution in [0.5, 0.6) is 0 Å². The summed E-state index contributed by atoms with van der Waals surface area (Å²) < 4.78 is 0. The van der Waals surface area contributed by atoms with Crippen LogP contribution >= 0.6 is 23.2 Å². The van der Waals surface area contributed by atoms with Crippen LogP contribution in [0.3, 0.4) is 0 Å². The molecule has 0 aliphatic carbocycles. The lowest BCUT2D eigenvalue weighted by Gasteiger charge is -2.09. The number of nitrogens with two attached hydrogens (primary N) is 1. The molecular weight excluding hydrogens is 285 g/mol. The number of rotatable bonds is 6. The summed E-state index contributed by atoms with van der Waals surface area (Å²) in [5.41, 5.74) is 6.62. The Morgan fingerprint density at radius 1 is 1.47 bits per heavy atom. The van der Waals surface area contributed by atoms with Gasteiger partial charge in [0.1, 0.15) is 5.82 Å². The average Bonchev–Trinajstić information content (AvgIpc) is 2.34. The van der Waals surface area contributed by atoms with Crippen LogP contribution in [-0.4, -0.2) is 30.6 Å². The molecule has 5 nitrogen and oxygen atoms in total. The molecule has 0 saturated heterocycles. The van der Waals surface area contributed by atoms with Crippen LogP contribution in [0.15, 0.2) is 29.4 Å². The molecule has 0 fully saturated rings. The summed E-state index contributed by atoms with van der Waals surface area (Å²) in [6.07, 6.45) is 1.53. The fourth-order valence-corrected chi connectivity index (χ4v) is 1.64. The van der Waals surface area contributed by atoms with E-state index in [4.69, 9.17) is 28.9 Å². The molecule has 0 atom stereocenters. The van der Waals surface area contributed by atoms with E-state index in [0.717, 1.165) is 5.57 Å². The maximum absolute atomic E-state index is 5.97. The van der Waals surface area contributed by atoms with Crippen molar-refractivity contribution >= 4 is 35.0 Å². The van der Waals surface area contributed by atoms with E-state index in [-0.39, 0.29) is 0 Å². The molecular formula is C12H17Cl2N5. The van der Waals surface area contributed by atoms with Gasteiger partial charge >= 0.3 is 0 Å². The van der Waals surface area contributed by atoms with Gasteiger partial charge in [-0.2, -0.15) is 0 Å². The minimum Gasteiger partial charge on any atom is -0.370 e. The first-order valence-electron chi connectivity index (χ1n) is 5.72. The van der Waals surface area contributed by atoms with Crippen LogP contribution in [0.4, 0.5) is 5.82 Å². The molecule has 0 spiro atoms. The molecule has 1 heterocycles. The van der Waals surface area contributed by atoms with Gasteiger partial charge in [0.15, 0.2) is 5.96 Å². The van der Waals surface area contributed by atoms with Gasteiger partial charge in [-0.05, 0) is 13.0 Å². The zero-order chi connectivity index (χ0) is 14.3. The minimum atomic E-state index is 0.389. The Balaban J connectivity index is 2.31. The van der Waals surface area contributed by atoms with Crippen LogP contribution in [-0.2, 0) is 0 Å². The normalized spacial score (nSPS) is 11.2. The van der Waals surface area contributed by atoms with Gasteiger partial charge in [-0.1, -0.05) is 35.4 Å². The number of nitrogens with one attached hydrogen (secondary N) is 2. The van der Waals surface area contributed by atoms with Gasteiger partial charge in [0.25, 0.3) is 0 Å². The average molecular weight is 302 g/mol. The van der Waals surface area contributed by atoms with Gasteiger partial charge in [-0.15, -0.1) is 0 Å². The van der Waals surface area contributed by atoms with Crippen molar-refractivity contribution in [3.8, 4) is 0 Å². The number of aliphatic imine (C=N–C) groups is 1. The second-order valence-corrected chi connectivity index (χ2v) is 4.84. The molecule has 1 aromatic rings. The summed E-state index contributed by atoms with van der Waals surface area (Å²) in [6, 6.07) is 1.63. The zero-order valence-corrected chi connectivity index (χ0v) is 12.2. The number of nitrogens with zero attached hydrogens (tertiary/aromatic N) is 2. The van der Waals surface area contributed by atoms with E-state index >= 15 is 0 Å². The second kappa shape index (κ2) is 7.86. The Hall–Kier alpha value is -1.46. The number of anilines is 1. The first-order valence-corrected chi connectivity index (χ1v) is 6.47. The lowest BCUT2D eigenvalue weighted by atomic mass is 10.4. The maximum atomic E-state index is 5.97. The highest BCUT2D eigenvalue weighted by atomic mass is 35.5. The molecule has 0 bridgehead atoms. The lowest BCUT2D eigenvalue weighted by Crippen LogP contribution is -2.35. The van der Waals surface area contributed by atoms with Gasteiger partial charge in [-0.3, -0.25) is 0 Å². The fourth-order valence-electron chi connectivity index (χ4n) is 1.19. The number of guanidine groups is 1. The molecule has 0 saturated carbocycles. The van der Waals surface area contributed by atoms with Crippen LogP contribution in [0, 0.1) is 0 Å². The molecule has 4 N–H and O–H groups in total. The van der Waals surface area contributed by atoms with Gasteiger partial charge in [0, 0.05) is 19.3 Å². The predicted octanol–water partition coefficient (Wildman–Crippen LogP) is 2.28. The van der Waals surface area contributed by atoms with Crippen LogP contribution in [0.1, 0.15) is 6.92 Å². The molecule has 0 unspecified atom stereocenters. The molecule has 19 heavy (non-hydrogen) atoms. The Morgan fingerprint density at radius 3 is 2.84 bits per heavy atom. The second-order valence-electron chi connectivity index (χ2n) is 4.00. The SMILES string of the molecule is C=C(C)CN=C(N)NCCNc1ncc(Cl)cc1Cl. The van der Waals surface area contributed by atoms with E-state index in [0.29, 0.717) is 41.5 Å². The summed E-state index contributed by atoms with van der Waals surface area (Å²) in [4.78, 5) is 8.17. The van der Waals surface area contributed by atoms with E-state index in [1.165, 1.54) is 6.20 Å². The van der Waals surface area contributed by atoms with Crippen molar-refractivity contribution in [3.63, 3.8) is 0 Å². The molecule has 7 heteroatoms.